The van der Waals surface area contributed by atoms with Crippen molar-refractivity contribution in [2.45, 2.75) is 20.4 Å². The highest BCUT2D eigenvalue weighted by atomic mass is 16.5. The molecular formula is C25H21N5O. The lowest BCUT2D eigenvalue weighted by atomic mass is 10.0. The van der Waals surface area contributed by atoms with Gasteiger partial charge >= 0.3 is 0 Å². The third kappa shape index (κ3) is 3.64. The monoisotopic (exact) mass is 407 g/mol. The van der Waals surface area contributed by atoms with Crippen molar-refractivity contribution < 1.29 is 4.52 Å². The van der Waals surface area contributed by atoms with Crippen LogP contribution in [0.3, 0.4) is 0 Å². The van der Waals surface area contributed by atoms with Gasteiger partial charge in [-0.1, -0.05) is 53.7 Å². The molecule has 0 amide bonds. The molecule has 0 aliphatic carbocycles. The zero-order valence-electron chi connectivity index (χ0n) is 17.3. The fraction of sp³-hybridized carbons (Fsp3) is 0.120. The first-order valence-electron chi connectivity index (χ1n) is 10.1. The molecule has 0 fully saturated rings. The van der Waals surface area contributed by atoms with Gasteiger partial charge in [-0.2, -0.15) is 0 Å². The van der Waals surface area contributed by atoms with Gasteiger partial charge in [-0.05, 0) is 43.2 Å². The molecule has 2 aromatic carbocycles. The normalized spacial score (nSPS) is 11.0. The van der Waals surface area contributed by atoms with Crippen LogP contribution < -0.4 is 5.32 Å². The van der Waals surface area contributed by atoms with E-state index in [2.05, 4.69) is 33.7 Å². The minimum absolute atomic E-state index is 0.553. The first kappa shape index (κ1) is 18.9. The molecule has 152 valence electrons. The van der Waals surface area contributed by atoms with Gasteiger partial charge in [0.15, 0.2) is 5.82 Å². The highest BCUT2D eigenvalue weighted by Crippen LogP contribution is 2.35. The molecule has 0 bridgehead atoms. The molecule has 0 radical (unpaired) electrons. The summed E-state index contributed by atoms with van der Waals surface area (Å²) >= 11 is 0. The molecule has 0 aliphatic heterocycles. The summed E-state index contributed by atoms with van der Waals surface area (Å²) in [4.78, 5) is 14.2. The molecule has 0 spiro atoms. The van der Waals surface area contributed by atoms with E-state index < -0.39 is 0 Å². The van der Waals surface area contributed by atoms with Crippen LogP contribution in [0.1, 0.15) is 17.1 Å². The van der Waals surface area contributed by atoms with Gasteiger partial charge < -0.3 is 9.84 Å². The predicted molar refractivity (Wildman–Crippen MR) is 122 cm³/mol. The second-order valence-corrected chi connectivity index (χ2v) is 7.34. The number of nitrogens with zero attached hydrogens (tertiary/aromatic N) is 4. The number of anilines is 1. The number of rotatable bonds is 5. The Labute approximate surface area is 180 Å². The Bertz CT molecular complexity index is 1330. The number of pyridine rings is 1. The number of hydrogen-bond donors (Lipinski definition) is 1. The molecule has 6 heteroatoms. The lowest BCUT2D eigenvalue weighted by Gasteiger charge is -2.14. The molecule has 31 heavy (non-hydrogen) atoms. The summed E-state index contributed by atoms with van der Waals surface area (Å²) in [5.41, 5.74) is 5.58. The van der Waals surface area contributed by atoms with Gasteiger partial charge in [0.05, 0.1) is 34.4 Å². The SMILES string of the molecule is Cc1noc(C)c1-c1nc(NCc2ccccn2)c2c(-c3ccccc3)cccc2n1. The fourth-order valence-electron chi connectivity index (χ4n) is 3.76. The Kier molecular flexibility index (Phi) is 4.88. The number of aromatic nitrogens is 4. The molecule has 0 saturated carbocycles. The molecule has 5 aromatic rings. The summed E-state index contributed by atoms with van der Waals surface area (Å²) in [6, 6.07) is 22.3. The lowest BCUT2D eigenvalue weighted by Crippen LogP contribution is -2.06. The van der Waals surface area contributed by atoms with Gasteiger partial charge in [-0.3, -0.25) is 4.98 Å². The third-order valence-electron chi connectivity index (χ3n) is 5.23. The van der Waals surface area contributed by atoms with E-state index in [1.807, 2.05) is 62.4 Å². The van der Waals surface area contributed by atoms with Crippen molar-refractivity contribution in [1.29, 1.82) is 0 Å². The van der Waals surface area contributed by atoms with E-state index in [0.717, 1.165) is 44.8 Å². The average Bonchev–Trinajstić information content (AvgIpc) is 3.16. The summed E-state index contributed by atoms with van der Waals surface area (Å²) in [6.45, 7) is 4.34. The van der Waals surface area contributed by atoms with Crippen LogP contribution in [-0.4, -0.2) is 20.1 Å². The number of nitrogens with one attached hydrogen (secondary N) is 1. The maximum absolute atomic E-state index is 5.36. The number of aryl methyl sites for hydroxylation is 2. The van der Waals surface area contributed by atoms with Crippen LogP contribution in [0.25, 0.3) is 33.4 Å². The minimum atomic E-state index is 0.553. The van der Waals surface area contributed by atoms with Gasteiger partial charge in [-0.25, -0.2) is 9.97 Å². The summed E-state index contributed by atoms with van der Waals surface area (Å²) in [5, 5.41) is 8.54. The molecule has 0 atom stereocenters. The average molecular weight is 407 g/mol. The highest BCUT2D eigenvalue weighted by molar-refractivity contribution is 6.02. The van der Waals surface area contributed by atoms with Gasteiger partial charge in [0.25, 0.3) is 0 Å². The topological polar surface area (TPSA) is 76.7 Å². The maximum Gasteiger partial charge on any atom is 0.167 e. The van der Waals surface area contributed by atoms with E-state index >= 15 is 0 Å². The van der Waals surface area contributed by atoms with E-state index in [1.165, 1.54) is 0 Å². The molecule has 1 N–H and O–H groups in total. The van der Waals surface area contributed by atoms with Crippen LogP contribution in [0.4, 0.5) is 5.82 Å². The zero-order chi connectivity index (χ0) is 21.2. The van der Waals surface area contributed by atoms with Crippen molar-refractivity contribution >= 4 is 16.7 Å². The molecule has 6 nitrogen and oxygen atoms in total. The minimum Gasteiger partial charge on any atom is -0.364 e. The van der Waals surface area contributed by atoms with E-state index in [9.17, 15) is 0 Å². The van der Waals surface area contributed by atoms with Crippen LogP contribution in [-0.2, 0) is 6.54 Å². The van der Waals surface area contributed by atoms with Crippen LogP contribution in [0, 0.1) is 13.8 Å². The van der Waals surface area contributed by atoms with E-state index in [0.29, 0.717) is 18.1 Å². The molecular weight excluding hydrogens is 386 g/mol. The van der Waals surface area contributed by atoms with Crippen molar-refractivity contribution in [2.24, 2.45) is 0 Å². The Balaban J connectivity index is 1.71. The van der Waals surface area contributed by atoms with Crippen molar-refractivity contribution in [3.63, 3.8) is 0 Å². The Morgan fingerprint density at radius 1 is 0.871 bits per heavy atom. The van der Waals surface area contributed by atoms with E-state index in [4.69, 9.17) is 14.5 Å². The van der Waals surface area contributed by atoms with Crippen molar-refractivity contribution in [2.75, 3.05) is 5.32 Å². The fourth-order valence-corrected chi connectivity index (χ4v) is 3.76. The number of benzene rings is 2. The standard InChI is InChI=1S/C25H21N5O/c1-16-22(17(2)31-30-16)25-28-21-13-8-12-20(18-9-4-3-5-10-18)23(21)24(29-25)27-15-19-11-6-7-14-26-19/h3-14H,15H2,1-2H3,(H,27,28,29). The predicted octanol–water partition coefficient (Wildman–Crippen LogP) is 5.58. The van der Waals surface area contributed by atoms with Crippen LogP contribution in [0.5, 0.6) is 0 Å². The van der Waals surface area contributed by atoms with Gasteiger partial charge in [0, 0.05) is 6.20 Å². The van der Waals surface area contributed by atoms with Gasteiger partial charge in [-0.15, -0.1) is 0 Å². The second kappa shape index (κ2) is 7.99. The lowest BCUT2D eigenvalue weighted by molar-refractivity contribution is 0.393. The second-order valence-electron chi connectivity index (χ2n) is 7.34. The summed E-state index contributed by atoms with van der Waals surface area (Å²) in [5.74, 6) is 2.05. The third-order valence-corrected chi connectivity index (χ3v) is 5.23. The summed E-state index contributed by atoms with van der Waals surface area (Å²) in [6.07, 6.45) is 1.79. The Morgan fingerprint density at radius 2 is 1.71 bits per heavy atom. The van der Waals surface area contributed by atoms with Crippen LogP contribution in [0.15, 0.2) is 77.4 Å². The summed E-state index contributed by atoms with van der Waals surface area (Å²) < 4.78 is 5.36. The molecule has 5 rings (SSSR count). The van der Waals surface area contributed by atoms with E-state index in [1.54, 1.807) is 6.20 Å². The smallest absolute Gasteiger partial charge is 0.167 e. The zero-order valence-corrected chi connectivity index (χ0v) is 17.3. The Morgan fingerprint density at radius 3 is 2.45 bits per heavy atom. The van der Waals surface area contributed by atoms with Crippen LogP contribution >= 0.6 is 0 Å². The number of fused-ring (bicyclic) bond motifs is 1. The molecule has 3 aromatic heterocycles. The maximum atomic E-state index is 5.36. The van der Waals surface area contributed by atoms with Gasteiger partial charge in [0.1, 0.15) is 11.6 Å². The summed E-state index contributed by atoms with van der Waals surface area (Å²) in [7, 11) is 0. The first-order valence-corrected chi connectivity index (χ1v) is 10.1. The Hall–Kier alpha value is -4.06. The molecule has 0 unspecified atom stereocenters. The molecule has 3 heterocycles. The number of hydrogen-bond acceptors (Lipinski definition) is 6. The largest absolute Gasteiger partial charge is 0.364 e. The molecule has 0 saturated heterocycles. The van der Waals surface area contributed by atoms with Gasteiger partial charge in [0.2, 0.25) is 0 Å². The van der Waals surface area contributed by atoms with Crippen LogP contribution in [0.2, 0.25) is 0 Å². The molecule has 0 aliphatic rings. The van der Waals surface area contributed by atoms with Crippen molar-refractivity contribution in [3.8, 4) is 22.5 Å². The van der Waals surface area contributed by atoms with E-state index in [-0.39, 0.29) is 0 Å². The van der Waals surface area contributed by atoms with Crippen molar-refractivity contribution in [3.05, 3.63) is 90.1 Å². The van der Waals surface area contributed by atoms with Crippen molar-refractivity contribution in [1.82, 2.24) is 20.1 Å². The quantitative estimate of drug-likeness (QED) is 0.410. The highest BCUT2D eigenvalue weighted by Gasteiger charge is 2.19. The first-order chi connectivity index (χ1) is 15.2.